The third-order valence-electron chi connectivity index (χ3n) is 5.27. The summed E-state index contributed by atoms with van der Waals surface area (Å²) in [6.07, 6.45) is 9.11. The summed E-state index contributed by atoms with van der Waals surface area (Å²) in [6, 6.07) is 11.7. The first-order valence-electron chi connectivity index (χ1n) is 10.3. The van der Waals surface area contributed by atoms with Crippen molar-refractivity contribution >= 4 is 17.2 Å². The topological polar surface area (TPSA) is 98.4 Å². The Morgan fingerprint density at radius 1 is 1.19 bits per heavy atom. The molecule has 1 unspecified atom stereocenters. The number of carbonyl (C=O) groups excluding carboxylic acids is 1. The predicted octanol–water partition coefficient (Wildman–Crippen LogP) is 2.44. The van der Waals surface area contributed by atoms with Crippen molar-refractivity contribution < 1.29 is 9.53 Å². The van der Waals surface area contributed by atoms with Crippen LogP contribution in [-0.2, 0) is 11.3 Å². The van der Waals surface area contributed by atoms with Crippen LogP contribution in [0.5, 0.6) is 0 Å². The predicted molar refractivity (Wildman–Crippen MR) is 115 cm³/mol. The van der Waals surface area contributed by atoms with E-state index < -0.39 is 0 Å². The number of fused-ring (bicyclic) bond motifs is 1. The second-order valence-electron chi connectivity index (χ2n) is 7.39. The number of carbonyl (C=O) groups is 1. The zero-order chi connectivity index (χ0) is 21.0. The van der Waals surface area contributed by atoms with Gasteiger partial charge in [0, 0.05) is 31.7 Å². The normalized spacial score (nSPS) is 15.9. The van der Waals surface area contributed by atoms with E-state index in [4.69, 9.17) is 9.72 Å². The lowest BCUT2D eigenvalue weighted by atomic mass is 10.2. The number of imidazole rings is 2. The van der Waals surface area contributed by atoms with Gasteiger partial charge in [0.2, 0.25) is 5.95 Å². The van der Waals surface area contributed by atoms with Crippen molar-refractivity contribution in [3.05, 3.63) is 72.7 Å². The molecule has 5 rings (SSSR count). The number of amides is 1. The van der Waals surface area contributed by atoms with Crippen LogP contribution in [0.25, 0.3) is 11.5 Å². The van der Waals surface area contributed by atoms with Crippen LogP contribution in [0.2, 0.25) is 0 Å². The molecule has 5 heterocycles. The molecule has 1 fully saturated rings. The fourth-order valence-electron chi connectivity index (χ4n) is 3.69. The van der Waals surface area contributed by atoms with Crippen molar-refractivity contribution in [2.75, 3.05) is 18.5 Å². The van der Waals surface area contributed by atoms with Crippen LogP contribution in [0, 0.1) is 0 Å². The van der Waals surface area contributed by atoms with Crippen molar-refractivity contribution in [3.8, 4) is 5.95 Å². The van der Waals surface area contributed by atoms with Crippen LogP contribution < -0.4 is 10.6 Å². The van der Waals surface area contributed by atoms with Gasteiger partial charge in [-0.1, -0.05) is 12.1 Å². The van der Waals surface area contributed by atoms with E-state index >= 15 is 0 Å². The minimum atomic E-state index is -0.216. The molecule has 1 saturated heterocycles. The van der Waals surface area contributed by atoms with Crippen LogP contribution in [0.3, 0.4) is 0 Å². The summed E-state index contributed by atoms with van der Waals surface area (Å²) in [6.45, 7) is 1.79. The molecule has 4 aromatic rings. The van der Waals surface area contributed by atoms with E-state index in [2.05, 4.69) is 20.6 Å². The average molecular weight is 417 g/mol. The fraction of sp³-hybridized carbons (Fsp3) is 0.273. The number of hydrogen-bond donors (Lipinski definition) is 2. The van der Waals surface area contributed by atoms with Gasteiger partial charge in [0.15, 0.2) is 0 Å². The summed E-state index contributed by atoms with van der Waals surface area (Å²) in [7, 11) is 0. The molecule has 0 radical (unpaired) electrons. The molecule has 0 spiro atoms. The number of pyridine rings is 2. The van der Waals surface area contributed by atoms with E-state index in [1.165, 1.54) is 0 Å². The number of aromatic nitrogens is 5. The van der Waals surface area contributed by atoms with Crippen molar-refractivity contribution in [1.82, 2.24) is 29.2 Å². The molecule has 0 bridgehead atoms. The maximum absolute atomic E-state index is 12.5. The van der Waals surface area contributed by atoms with E-state index in [1.807, 2.05) is 47.0 Å². The lowest BCUT2D eigenvalue weighted by Crippen LogP contribution is -2.31. The van der Waals surface area contributed by atoms with Gasteiger partial charge in [-0.2, -0.15) is 0 Å². The fourth-order valence-corrected chi connectivity index (χ4v) is 3.69. The van der Waals surface area contributed by atoms with Gasteiger partial charge in [-0.05, 0) is 37.1 Å². The van der Waals surface area contributed by atoms with Gasteiger partial charge in [0.1, 0.15) is 17.8 Å². The number of nitrogens with one attached hydrogen (secondary N) is 2. The highest BCUT2D eigenvalue weighted by molar-refractivity contribution is 5.92. The summed E-state index contributed by atoms with van der Waals surface area (Å²) >= 11 is 0. The number of hydrogen-bond acceptors (Lipinski definition) is 6. The minimum Gasteiger partial charge on any atom is -0.376 e. The van der Waals surface area contributed by atoms with E-state index in [9.17, 15) is 4.79 Å². The van der Waals surface area contributed by atoms with Gasteiger partial charge in [-0.3, -0.25) is 13.8 Å². The number of rotatable bonds is 7. The Hall–Kier alpha value is -3.72. The van der Waals surface area contributed by atoms with Gasteiger partial charge >= 0.3 is 0 Å². The van der Waals surface area contributed by atoms with E-state index in [1.54, 1.807) is 23.3 Å². The molecule has 0 aliphatic carbocycles. The summed E-state index contributed by atoms with van der Waals surface area (Å²) < 4.78 is 9.30. The Kier molecular flexibility index (Phi) is 5.32. The van der Waals surface area contributed by atoms with Gasteiger partial charge in [-0.15, -0.1) is 0 Å². The maximum atomic E-state index is 12.5. The lowest BCUT2D eigenvalue weighted by Gasteiger charge is -2.09. The minimum absolute atomic E-state index is 0.0939. The zero-order valence-electron chi connectivity index (χ0n) is 16.9. The van der Waals surface area contributed by atoms with Crippen molar-refractivity contribution in [1.29, 1.82) is 0 Å². The Labute approximate surface area is 179 Å². The first-order chi connectivity index (χ1) is 15.3. The van der Waals surface area contributed by atoms with Crippen LogP contribution in [-0.4, -0.2) is 49.1 Å². The second kappa shape index (κ2) is 8.57. The lowest BCUT2D eigenvalue weighted by molar-refractivity contribution is 0.0854. The number of ether oxygens (including phenoxy) is 1. The molecule has 0 saturated carbocycles. The molecule has 9 heteroatoms. The summed E-state index contributed by atoms with van der Waals surface area (Å²) in [5.74, 6) is 1.24. The monoisotopic (exact) mass is 417 g/mol. The number of anilines is 1. The Morgan fingerprint density at radius 2 is 2.13 bits per heavy atom. The Morgan fingerprint density at radius 3 is 2.97 bits per heavy atom. The molecule has 4 aromatic heterocycles. The van der Waals surface area contributed by atoms with Crippen LogP contribution in [0.4, 0.5) is 5.82 Å². The highest BCUT2D eigenvalue weighted by Gasteiger charge is 2.19. The highest BCUT2D eigenvalue weighted by Crippen LogP contribution is 2.18. The highest BCUT2D eigenvalue weighted by atomic mass is 16.5. The van der Waals surface area contributed by atoms with Crippen molar-refractivity contribution in [2.24, 2.45) is 0 Å². The SMILES string of the molecule is O=C(NCC1CCCO1)c1cn(-c2nc(CNc3ccccn3)c3ccccn23)cn1. The first-order valence-corrected chi connectivity index (χ1v) is 10.3. The quantitative estimate of drug-likeness (QED) is 0.479. The molecule has 1 amide bonds. The van der Waals surface area contributed by atoms with Gasteiger partial charge in [0.05, 0.1) is 23.9 Å². The Bertz CT molecular complexity index is 1180. The van der Waals surface area contributed by atoms with E-state index in [0.717, 1.165) is 36.5 Å². The molecule has 0 aromatic carbocycles. The molecular formula is C22H23N7O2. The van der Waals surface area contributed by atoms with E-state index in [0.29, 0.717) is 24.7 Å². The molecule has 9 nitrogen and oxygen atoms in total. The maximum Gasteiger partial charge on any atom is 0.271 e. The summed E-state index contributed by atoms with van der Waals surface area (Å²) in [4.78, 5) is 25.9. The zero-order valence-corrected chi connectivity index (χ0v) is 16.9. The third-order valence-corrected chi connectivity index (χ3v) is 5.27. The standard InChI is InChI=1S/C22H23N7O2/c30-21(25-12-16-6-5-11-31-16)18-14-28(15-26-18)22-27-17(19-7-2-4-10-29(19)22)13-24-20-8-1-3-9-23-20/h1-4,7-10,14-16H,5-6,11-13H2,(H,23,24)(H,25,30). The largest absolute Gasteiger partial charge is 0.376 e. The van der Waals surface area contributed by atoms with Crippen LogP contribution in [0.15, 0.2) is 61.3 Å². The molecule has 158 valence electrons. The molecule has 1 aliphatic heterocycles. The second-order valence-corrected chi connectivity index (χ2v) is 7.39. The molecule has 1 atom stereocenters. The van der Waals surface area contributed by atoms with Gasteiger partial charge in [0.25, 0.3) is 5.91 Å². The van der Waals surface area contributed by atoms with E-state index in [-0.39, 0.29) is 12.0 Å². The molecule has 31 heavy (non-hydrogen) atoms. The molecule has 1 aliphatic rings. The molecular weight excluding hydrogens is 394 g/mol. The van der Waals surface area contributed by atoms with Gasteiger partial charge in [-0.25, -0.2) is 15.0 Å². The summed E-state index contributed by atoms with van der Waals surface area (Å²) in [5, 5.41) is 6.20. The Balaban J connectivity index is 1.35. The molecule has 2 N–H and O–H groups in total. The van der Waals surface area contributed by atoms with Gasteiger partial charge < -0.3 is 15.4 Å². The van der Waals surface area contributed by atoms with Crippen molar-refractivity contribution in [3.63, 3.8) is 0 Å². The van der Waals surface area contributed by atoms with Crippen LogP contribution >= 0.6 is 0 Å². The first kappa shape index (κ1) is 19.3. The average Bonchev–Trinajstić information content (AvgIpc) is 3.57. The van der Waals surface area contributed by atoms with Crippen LogP contribution in [0.1, 0.15) is 29.0 Å². The number of nitrogens with zero attached hydrogens (tertiary/aromatic N) is 5. The van der Waals surface area contributed by atoms with Crippen molar-refractivity contribution in [2.45, 2.75) is 25.5 Å². The smallest absolute Gasteiger partial charge is 0.271 e. The third kappa shape index (κ3) is 4.13. The summed E-state index contributed by atoms with van der Waals surface area (Å²) in [5.41, 5.74) is 2.19.